The molecule has 2 saturated heterocycles. The first-order valence-corrected chi connectivity index (χ1v) is 9.70. The lowest BCUT2D eigenvalue weighted by molar-refractivity contribution is -0.385. The van der Waals surface area contributed by atoms with E-state index >= 15 is 0 Å². The smallest absolute Gasteiger partial charge is 0.273 e. The molecule has 0 radical (unpaired) electrons. The molecule has 0 aliphatic carbocycles. The molecule has 0 N–H and O–H groups in total. The maximum Gasteiger partial charge on any atom is 0.273 e. The van der Waals surface area contributed by atoms with Crippen LogP contribution in [-0.4, -0.2) is 52.7 Å². The van der Waals surface area contributed by atoms with Gasteiger partial charge >= 0.3 is 0 Å². The molecule has 2 aliphatic heterocycles. The number of amides is 2. The number of hydrogen-bond acceptors (Lipinski definition) is 4. The average molecular weight is 373 g/mol. The van der Waals surface area contributed by atoms with Crippen LogP contribution < -0.4 is 0 Å². The van der Waals surface area contributed by atoms with Crippen molar-refractivity contribution in [2.24, 2.45) is 11.8 Å². The zero-order valence-electron chi connectivity index (χ0n) is 16.0. The van der Waals surface area contributed by atoms with E-state index in [-0.39, 0.29) is 23.4 Å². The molecule has 1 aromatic rings. The summed E-state index contributed by atoms with van der Waals surface area (Å²) in [5.41, 5.74) is 0.734. The van der Waals surface area contributed by atoms with E-state index in [1.165, 1.54) is 6.07 Å². The third kappa shape index (κ3) is 4.12. The van der Waals surface area contributed by atoms with Crippen LogP contribution in [0.15, 0.2) is 18.2 Å². The highest BCUT2D eigenvalue weighted by Gasteiger charge is 2.32. The van der Waals surface area contributed by atoms with Crippen molar-refractivity contribution in [1.29, 1.82) is 0 Å². The molecule has 7 nitrogen and oxygen atoms in total. The summed E-state index contributed by atoms with van der Waals surface area (Å²) in [5.74, 6) is 0.703. The van der Waals surface area contributed by atoms with Crippen LogP contribution in [0.3, 0.4) is 0 Å². The van der Waals surface area contributed by atoms with E-state index < -0.39 is 4.92 Å². The van der Waals surface area contributed by atoms with E-state index in [0.717, 1.165) is 25.9 Å². The largest absolute Gasteiger partial charge is 0.342 e. The van der Waals surface area contributed by atoms with E-state index in [9.17, 15) is 19.7 Å². The van der Waals surface area contributed by atoms with Crippen molar-refractivity contribution < 1.29 is 14.5 Å². The van der Waals surface area contributed by atoms with E-state index in [1.807, 2.05) is 4.90 Å². The Balaban J connectivity index is 1.61. The molecule has 0 aromatic heterocycles. The molecule has 0 saturated carbocycles. The zero-order chi connectivity index (χ0) is 19.6. The fourth-order valence-corrected chi connectivity index (χ4v) is 4.04. The second kappa shape index (κ2) is 8.06. The van der Waals surface area contributed by atoms with Crippen molar-refractivity contribution in [3.05, 3.63) is 39.4 Å². The molecule has 0 atom stereocenters. The molecule has 2 heterocycles. The van der Waals surface area contributed by atoms with Gasteiger partial charge in [0.1, 0.15) is 0 Å². The SMILES string of the molecule is Cc1c(C(=O)N2CCC(C(=O)N3CCC(C)CC3)CC2)cccc1[N+](=O)[O-]. The maximum atomic E-state index is 12.8. The van der Waals surface area contributed by atoms with Gasteiger partial charge in [-0.3, -0.25) is 19.7 Å². The quantitative estimate of drug-likeness (QED) is 0.602. The lowest BCUT2D eigenvalue weighted by Gasteiger charge is -2.36. The minimum absolute atomic E-state index is 0.0198. The highest BCUT2D eigenvalue weighted by Crippen LogP contribution is 2.26. The van der Waals surface area contributed by atoms with Gasteiger partial charge in [-0.05, 0) is 44.6 Å². The van der Waals surface area contributed by atoms with E-state index in [2.05, 4.69) is 6.92 Å². The molecular weight excluding hydrogens is 346 g/mol. The number of hydrogen-bond donors (Lipinski definition) is 0. The van der Waals surface area contributed by atoms with Crippen molar-refractivity contribution in [2.45, 2.75) is 39.5 Å². The summed E-state index contributed by atoms with van der Waals surface area (Å²) in [7, 11) is 0. The summed E-state index contributed by atoms with van der Waals surface area (Å²) in [5, 5.41) is 11.1. The van der Waals surface area contributed by atoms with Crippen LogP contribution in [0.25, 0.3) is 0 Å². The van der Waals surface area contributed by atoms with Crippen LogP contribution in [0.5, 0.6) is 0 Å². The van der Waals surface area contributed by atoms with Gasteiger partial charge in [-0.2, -0.15) is 0 Å². The molecule has 0 bridgehead atoms. The molecule has 1 aromatic carbocycles. The Morgan fingerprint density at radius 2 is 1.63 bits per heavy atom. The number of likely N-dealkylation sites (tertiary alicyclic amines) is 2. The Labute approximate surface area is 159 Å². The first-order valence-electron chi connectivity index (χ1n) is 9.70. The third-order valence-electron chi connectivity index (χ3n) is 5.96. The maximum absolute atomic E-state index is 12.8. The van der Waals surface area contributed by atoms with Crippen molar-refractivity contribution >= 4 is 17.5 Å². The van der Waals surface area contributed by atoms with E-state index in [1.54, 1.807) is 24.0 Å². The second-order valence-corrected chi connectivity index (χ2v) is 7.78. The number of benzene rings is 1. The predicted octanol–water partition coefficient (Wildman–Crippen LogP) is 3.01. The van der Waals surface area contributed by atoms with Crippen LogP contribution in [0.1, 0.15) is 48.5 Å². The van der Waals surface area contributed by atoms with Gasteiger partial charge in [0.2, 0.25) is 5.91 Å². The Hall–Kier alpha value is -2.44. The topological polar surface area (TPSA) is 83.8 Å². The normalized spacial score (nSPS) is 19.2. The minimum atomic E-state index is -0.462. The molecule has 2 aliphatic rings. The molecule has 7 heteroatoms. The number of carbonyl (C=O) groups excluding carboxylic acids is 2. The standard InChI is InChI=1S/C20H27N3O4/c1-14-6-10-21(11-7-14)19(24)16-8-12-22(13-9-16)20(25)17-4-3-5-18(15(17)2)23(26)27/h3-5,14,16H,6-13H2,1-2H3. The first kappa shape index (κ1) is 19.3. The summed E-state index contributed by atoms with van der Waals surface area (Å²) in [6.45, 7) is 6.54. The number of nitrogens with zero attached hydrogens (tertiary/aromatic N) is 3. The summed E-state index contributed by atoms with van der Waals surface area (Å²) in [6, 6.07) is 4.60. The van der Waals surface area contributed by atoms with Crippen LogP contribution in [0.4, 0.5) is 5.69 Å². The monoisotopic (exact) mass is 373 g/mol. The Morgan fingerprint density at radius 1 is 1.04 bits per heavy atom. The van der Waals surface area contributed by atoms with Gasteiger partial charge in [0.25, 0.3) is 11.6 Å². The molecule has 0 spiro atoms. The average Bonchev–Trinajstić information content (AvgIpc) is 2.67. The van der Waals surface area contributed by atoms with Crippen molar-refractivity contribution in [3.8, 4) is 0 Å². The number of rotatable bonds is 3. The van der Waals surface area contributed by atoms with Gasteiger partial charge in [-0.25, -0.2) is 0 Å². The van der Waals surface area contributed by atoms with E-state index in [4.69, 9.17) is 0 Å². The van der Waals surface area contributed by atoms with Gasteiger partial charge in [-0.1, -0.05) is 13.0 Å². The van der Waals surface area contributed by atoms with Gasteiger partial charge in [0, 0.05) is 49.3 Å². The van der Waals surface area contributed by atoms with Crippen LogP contribution in [0.2, 0.25) is 0 Å². The summed E-state index contributed by atoms with van der Waals surface area (Å²) in [6.07, 6.45) is 3.44. The summed E-state index contributed by atoms with van der Waals surface area (Å²) < 4.78 is 0. The van der Waals surface area contributed by atoms with Crippen LogP contribution >= 0.6 is 0 Å². The van der Waals surface area contributed by atoms with Crippen molar-refractivity contribution in [3.63, 3.8) is 0 Å². The Bertz CT molecular complexity index is 733. The highest BCUT2D eigenvalue weighted by atomic mass is 16.6. The zero-order valence-corrected chi connectivity index (χ0v) is 16.0. The number of carbonyl (C=O) groups is 2. The molecule has 2 fully saturated rings. The fourth-order valence-electron chi connectivity index (χ4n) is 4.04. The fraction of sp³-hybridized carbons (Fsp3) is 0.600. The Kier molecular flexibility index (Phi) is 5.77. The summed E-state index contributed by atoms with van der Waals surface area (Å²) >= 11 is 0. The van der Waals surface area contributed by atoms with Crippen LogP contribution in [0, 0.1) is 28.9 Å². The number of nitro benzene ring substituents is 1. The minimum Gasteiger partial charge on any atom is -0.342 e. The lowest BCUT2D eigenvalue weighted by Crippen LogP contribution is -2.46. The van der Waals surface area contributed by atoms with Crippen LogP contribution in [-0.2, 0) is 4.79 Å². The van der Waals surface area contributed by atoms with Crippen molar-refractivity contribution in [1.82, 2.24) is 9.80 Å². The number of nitro groups is 1. The second-order valence-electron chi connectivity index (χ2n) is 7.78. The Morgan fingerprint density at radius 3 is 2.22 bits per heavy atom. The van der Waals surface area contributed by atoms with Gasteiger partial charge in [-0.15, -0.1) is 0 Å². The van der Waals surface area contributed by atoms with Gasteiger partial charge in [0.15, 0.2) is 0 Å². The lowest BCUT2D eigenvalue weighted by atomic mass is 9.92. The third-order valence-corrected chi connectivity index (χ3v) is 5.96. The molecular formula is C20H27N3O4. The predicted molar refractivity (Wildman–Crippen MR) is 101 cm³/mol. The molecule has 0 unspecified atom stereocenters. The molecule has 2 amide bonds. The molecule has 3 rings (SSSR count). The van der Waals surface area contributed by atoms with E-state index in [0.29, 0.717) is 43.0 Å². The number of piperidine rings is 2. The highest BCUT2D eigenvalue weighted by molar-refractivity contribution is 5.96. The first-order chi connectivity index (χ1) is 12.9. The van der Waals surface area contributed by atoms with Crippen molar-refractivity contribution in [2.75, 3.05) is 26.2 Å². The van der Waals surface area contributed by atoms with Gasteiger partial charge in [0.05, 0.1) is 4.92 Å². The van der Waals surface area contributed by atoms with Gasteiger partial charge < -0.3 is 9.80 Å². The molecule has 27 heavy (non-hydrogen) atoms. The molecule has 146 valence electrons. The summed E-state index contributed by atoms with van der Waals surface area (Å²) in [4.78, 5) is 39.9.